The Morgan fingerprint density at radius 2 is 2.18 bits per heavy atom. The summed E-state index contributed by atoms with van der Waals surface area (Å²) in [5.41, 5.74) is 7.28. The molecular formula is C18H19Cl2N3O4S. The second kappa shape index (κ2) is 9.11. The molecule has 1 saturated heterocycles. The maximum absolute atomic E-state index is 11.9. The number of halogens is 2. The van der Waals surface area contributed by atoms with Gasteiger partial charge in [-0.15, -0.1) is 11.3 Å². The van der Waals surface area contributed by atoms with Gasteiger partial charge in [0.25, 0.3) is 11.8 Å². The highest BCUT2D eigenvalue weighted by Gasteiger charge is 2.22. The standard InChI is InChI=1S/C18H19Cl2N3O4S/c19-13-7-11(1-2-14(13)23-3-4-27-9-16(23)25)22-8-12(24)5-10-6-15(20)28-17(10)18(21)26/h1-2,6-7,12,22,24H,3-5,8-9H2,(H2,21,26). The maximum atomic E-state index is 11.9. The SMILES string of the molecule is NC(=O)c1sc(Cl)cc1CC(O)CNc1ccc(N2CCOCC2=O)c(Cl)c1. The van der Waals surface area contributed by atoms with E-state index in [9.17, 15) is 14.7 Å². The Kier molecular flexibility index (Phi) is 6.79. The number of primary amides is 1. The number of rotatable bonds is 7. The molecule has 1 atom stereocenters. The van der Waals surface area contributed by atoms with E-state index in [1.54, 1.807) is 29.2 Å². The summed E-state index contributed by atoms with van der Waals surface area (Å²) in [6.07, 6.45) is -0.522. The first-order valence-corrected chi connectivity index (χ1v) is 10.1. The van der Waals surface area contributed by atoms with Gasteiger partial charge in [-0.05, 0) is 29.8 Å². The minimum Gasteiger partial charge on any atom is -0.391 e. The molecular weight excluding hydrogens is 425 g/mol. The summed E-state index contributed by atoms with van der Waals surface area (Å²) < 4.78 is 5.57. The zero-order chi connectivity index (χ0) is 20.3. The summed E-state index contributed by atoms with van der Waals surface area (Å²) in [5.74, 6) is -0.698. The molecule has 1 aromatic carbocycles. The molecule has 2 amide bonds. The topological polar surface area (TPSA) is 105 Å². The molecule has 0 aliphatic carbocycles. The number of amides is 2. The van der Waals surface area contributed by atoms with Crippen LogP contribution < -0.4 is 16.0 Å². The first kappa shape index (κ1) is 20.9. The van der Waals surface area contributed by atoms with Crippen molar-refractivity contribution in [1.29, 1.82) is 0 Å². The van der Waals surface area contributed by atoms with Crippen LogP contribution in [0.4, 0.5) is 11.4 Å². The van der Waals surface area contributed by atoms with Gasteiger partial charge in [0, 0.05) is 25.2 Å². The van der Waals surface area contributed by atoms with Crippen molar-refractivity contribution in [1.82, 2.24) is 0 Å². The highest BCUT2D eigenvalue weighted by molar-refractivity contribution is 7.18. The lowest BCUT2D eigenvalue weighted by atomic mass is 10.1. The molecule has 10 heteroatoms. The molecule has 0 bridgehead atoms. The minimum absolute atomic E-state index is 0.0441. The van der Waals surface area contributed by atoms with E-state index in [0.29, 0.717) is 44.3 Å². The molecule has 1 aliphatic rings. The molecule has 2 aromatic rings. The normalized spacial score (nSPS) is 15.5. The Balaban J connectivity index is 1.61. The van der Waals surface area contributed by atoms with E-state index in [1.807, 2.05) is 0 Å². The van der Waals surface area contributed by atoms with Gasteiger partial charge in [-0.3, -0.25) is 9.59 Å². The lowest BCUT2D eigenvalue weighted by Crippen LogP contribution is -2.41. The zero-order valence-electron chi connectivity index (χ0n) is 14.8. The van der Waals surface area contributed by atoms with Crippen LogP contribution in [0.25, 0.3) is 0 Å². The lowest BCUT2D eigenvalue weighted by Gasteiger charge is -2.27. The number of thiophene rings is 1. The Morgan fingerprint density at radius 1 is 1.39 bits per heavy atom. The number of aliphatic hydroxyl groups is 1. The molecule has 0 spiro atoms. The van der Waals surface area contributed by atoms with Crippen LogP contribution in [0, 0.1) is 0 Å². The summed E-state index contributed by atoms with van der Waals surface area (Å²) in [7, 11) is 0. The van der Waals surface area contributed by atoms with E-state index in [0.717, 1.165) is 11.3 Å². The van der Waals surface area contributed by atoms with Crippen LogP contribution in [0.1, 0.15) is 15.2 Å². The number of hydrogen-bond acceptors (Lipinski definition) is 6. The van der Waals surface area contributed by atoms with Crippen molar-refractivity contribution in [2.45, 2.75) is 12.5 Å². The number of carbonyl (C=O) groups is 2. The predicted molar refractivity (Wildman–Crippen MR) is 111 cm³/mol. The summed E-state index contributed by atoms with van der Waals surface area (Å²) in [4.78, 5) is 25.3. The number of nitrogens with two attached hydrogens (primary N) is 1. The number of morpholine rings is 1. The first-order chi connectivity index (χ1) is 13.3. The smallest absolute Gasteiger partial charge is 0.259 e. The van der Waals surface area contributed by atoms with Gasteiger partial charge < -0.3 is 25.8 Å². The van der Waals surface area contributed by atoms with Gasteiger partial charge in [0.15, 0.2) is 0 Å². The van der Waals surface area contributed by atoms with Crippen molar-refractivity contribution in [3.63, 3.8) is 0 Å². The van der Waals surface area contributed by atoms with Crippen molar-refractivity contribution in [3.8, 4) is 0 Å². The number of benzene rings is 1. The molecule has 7 nitrogen and oxygen atoms in total. The monoisotopic (exact) mass is 443 g/mol. The summed E-state index contributed by atoms with van der Waals surface area (Å²) in [5, 5.41) is 13.8. The van der Waals surface area contributed by atoms with Gasteiger partial charge in [0.2, 0.25) is 0 Å². The molecule has 28 heavy (non-hydrogen) atoms. The van der Waals surface area contributed by atoms with Crippen molar-refractivity contribution in [2.75, 3.05) is 36.5 Å². The molecule has 3 rings (SSSR count). The van der Waals surface area contributed by atoms with Crippen LogP contribution in [0.3, 0.4) is 0 Å². The molecule has 0 saturated carbocycles. The van der Waals surface area contributed by atoms with Crippen molar-refractivity contribution < 1.29 is 19.4 Å². The largest absolute Gasteiger partial charge is 0.391 e. The third kappa shape index (κ3) is 4.95. The fourth-order valence-electron chi connectivity index (χ4n) is 2.93. The third-order valence-corrected chi connectivity index (χ3v) is 5.85. The van der Waals surface area contributed by atoms with Gasteiger partial charge in [-0.1, -0.05) is 23.2 Å². The molecule has 4 N–H and O–H groups in total. The van der Waals surface area contributed by atoms with Gasteiger partial charge in [0.1, 0.15) is 6.61 Å². The number of hydrogen-bond donors (Lipinski definition) is 3. The van der Waals surface area contributed by atoms with E-state index in [2.05, 4.69) is 5.32 Å². The van der Waals surface area contributed by atoms with Crippen LogP contribution in [-0.2, 0) is 16.0 Å². The zero-order valence-corrected chi connectivity index (χ0v) is 17.1. The van der Waals surface area contributed by atoms with Crippen molar-refractivity contribution in [3.05, 3.63) is 44.1 Å². The molecule has 2 heterocycles. The van der Waals surface area contributed by atoms with Crippen molar-refractivity contribution in [2.24, 2.45) is 5.73 Å². The molecule has 1 unspecified atom stereocenters. The van der Waals surface area contributed by atoms with Gasteiger partial charge in [0.05, 0.1) is 32.6 Å². The van der Waals surface area contributed by atoms with E-state index in [4.69, 9.17) is 33.7 Å². The molecule has 1 aromatic heterocycles. The summed E-state index contributed by atoms with van der Waals surface area (Å²) in [6.45, 7) is 1.20. The Labute approximate surface area is 176 Å². The average Bonchev–Trinajstić information content (AvgIpc) is 3.01. The highest BCUT2D eigenvalue weighted by atomic mass is 35.5. The number of aliphatic hydroxyl groups excluding tert-OH is 1. The average molecular weight is 444 g/mol. The first-order valence-electron chi connectivity index (χ1n) is 8.52. The fourth-order valence-corrected chi connectivity index (χ4v) is 4.34. The molecule has 1 aliphatic heterocycles. The Hall–Kier alpha value is -1.84. The second-order valence-corrected chi connectivity index (χ2v) is 8.36. The van der Waals surface area contributed by atoms with Gasteiger partial charge in [-0.25, -0.2) is 0 Å². The van der Waals surface area contributed by atoms with E-state index in [-0.39, 0.29) is 25.5 Å². The maximum Gasteiger partial charge on any atom is 0.259 e. The quantitative estimate of drug-likeness (QED) is 0.609. The van der Waals surface area contributed by atoms with Crippen LogP contribution in [-0.4, -0.2) is 49.3 Å². The number of anilines is 2. The fraction of sp³-hybridized carbons (Fsp3) is 0.333. The van der Waals surface area contributed by atoms with Crippen LogP contribution in [0.5, 0.6) is 0 Å². The van der Waals surface area contributed by atoms with E-state index < -0.39 is 12.0 Å². The molecule has 1 fully saturated rings. The minimum atomic E-state index is -0.761. The van der Waals surface area contributed by atoms with E-state index >= 15 is 0 Å². The number of nitrogens with zero attached hydrogens (tertiary/aromatic N) is 1. The second-order valence-electron chi connectivity index (χ2n) is 6.27. The summed E-state index contributed by atoms with van der Waals surface area (Å²) in [6, 6.07) is 6.88. The highest BCUT2D eigenvalue weighted by Crippen LogP contribution is 2.30. The Morgan fingerprint density at radius 3 is 2.86 bits per heavy atom. The summed E-state index contributed by atoms with van der Waals surface area (Å²) >= 11 is 13.4. The van der Waals surface area contributed by atoms with Crippen molar-refractivity contribution >= 4 is 57.7 Å². The third-order valence-electron chi connectivity index (χ3n) is 4.22. The van der Waals surface area contributed by atoms with E-state index in [1.165, 1.54) is 0 Å². The number of ether oxygens (including phenoxy) is 1. The Bertz CT molecular complexity index is 890. The number of nitrogens with one attached hydrogen (secondary N) is 1. The van der Waals surface area contributed by atoms with Gasteiger partial charge >= 0.3 is 0 Å². The van der Waals surface area contributed by atoms with Crippen LogP contribution >= 0.6 is 34.5 Å². The van der Waals surface area contributed by atoms with Crippen LogP contribution in [0.2, 0.25) is 9.36 Å². The molecule has 150 valence electrons. The van der Waals surface area contributed by atoms with Crippen LogP contribution in [0.15, 0.2) is 24.3 Å². The lowest BCUT2D eigenvalue weighted by molar-refractivity contribution is -0.125. The molecule has 0 radical (unpaired) electrons. The number of carbonyl (C=O) groups excluding carboxylic acids is 2. The predicted octanol–water partition coefficient (Wildman–Crippen LogP) is 2.53. The van der Waals surface area contributed by atoms with Gasteiger partial charge in [-0.2, -0.15) is 0 Å².